The second-order valence-corrected chi connectivity index (χ2v) is 5.63. The van der Waals surface area contributed by atoms with Crippen LogP contribution in [-0.4, -0.2) is 41.5 Å². The molecule has 1 saturated heterocycles. The maximum absolute atomic E-state index is 13.3. The number of amides is 2. The molecule has 1 atom stereocenters. The number of aliphatic hydroxyl groups is 1. The molecular formula is C15H18ClFN2O3. The minimum Gasteiger partial charge on any atom is -0.387 e. The molecule has 0 radical (unpaired) electrons. The summed E-state index contributed by atoms with van der Waals surface area (Å²) >= 11 is 5.57. The molecule has 7 heteroatoms. The zero-order valence-corrected chi connectivity index (χ0v) is 12.8. The van der Waals surface area contributed by atoms with Crippen molar-refractivity contribution in [3.05, 3.63) is 34.6 Å². The number of nitrogens with one attached hydrogen (secondary N) is 1. The van der Waals surface area contributed by atoms with Crippen LogP contribution in [0.1, 0.15) is 30.9 Å². The van der Waals surface area contributed by atoms with Crippen LogP contribution >= 0.6 is 11.6 Å². The fourth-order valence-electron chi connectivity index (χ4n) is 2.31. The van der Waals surface area contributed by atoms with Gasteiger partial charge in [-0.3, -0.25) is 9.59 Å². The first-order valence-corrected chi connectivity index (χ1v) is 7.52. The van der Waals surface area contributed by atoms with Crippen molar-refractivity contribution in [2.75, 3.05) is 19.6 Å². The SMILES string of the molecule is O=C(CCN1CCCC1=O)NCC(O)c1ccc(Cl)c(F)c1. The maximum Gasteiger partial charge on any atom is 0.222 e. The van der Waals surface area contributed by atoms with Crippen molar-refractivity contribution >= 4 is 23.4 Å². The van der Waals surface area contributed by atoms with Crippen LogP contribution in [0.4, 0.5) is 4.39 Å². The van der Waals surface area contributed by atoms with E-state index in [4.69, 9.17) is 11.6 Å². The lowest BCUT2D eigenvalue weighted by molar-refractivity contribution is -0.128. The van der Waals surface area contributed by atoms with Crippen LogP contribution in [-0.2, 0) is 9.59 Å². The minimum absolute atomic E-state index is 0.0183. The average Bonchev–Trinajstić information content (AvgIpc) is 2.90. The van der Waals surface area contributed by atoms with Crippen LogP contribution in [0.2, 0.25) is 5.02 Å². The Hall–Kier alpha value is -1.66. The molecule has 0 aromatic heterocycles. The molecule has 1 aromatic carbocycles. The molecule has 0 saturated carbocycles. The van der Waals surface area contributed by atoms with Crippen LogP contribution < -0.4 is 5.32 Å². The second kappa shape index (κ2) is 7.56. The van der Waals surface area contributed by atoms with Gasteiger partial charge in [0.15, 0.2) is 0 Å². The highest BCUT2D eigenvalue weighted by Crippen LogP contribution is 2.19. The van der Waals surface area contributed by atoms with E-state index < -0.39 is 11.9 Å². The quantitative estimate of drug-likeness (QED) is 0.834. The molecule has 1 aliphatic rings. The van der Waals surface area contributed by atoms with Gasteiger partial charge in [-0.15, -0.1) is 0 Å². The Labute approximate surface area is 133 Å². The number of carbonyl (C=O) groups is 2. The Morgan fingerprint density at radius 1 is 1.50 bits per heavy atom. The molecule has 5 nitrogen and oxygen atoms in total. The standard InChI is InChI=1S/C15H18ClFN2O3/c16-11-4-3-10(8-12(11)17)13(20)9-18-14(21)5-7-19-6-1-2-15(19)22/h3-4,8,13,20H,1-2,5-7,9H2,(H,18,21). The van der Waals surface area contributed by atoms with Gasteiger partial charge in [0.2, 0.25) is 11.8 Å². The van der Waals surface area contributed by atoms with E-state index in [2.05, 4.69) is 5.32 Å². The molecule has 1 heterocycles. The van der Waals surface area contributed by atoms with Crippen LogP contribution in [0, 0.1) is 5.82 Å². The lowest BCUT2D eigenvalue weighted by Crippen LogP contribution is -2.33. The molecule has 2 amide bonds. The van der Waals surface area contributed by atoms with Crippen molar-refractivity contribution < 1.29 is 19.1 Å². The smallest absolute Gasteiger partial charge is 0.222 e. The molecule has 120 valence electrons. The number of likely N-dealkylation sites (tertiary alicyclic amines) is 1. The van der Waals surface area contributed by atoms with Crippen LogP contribution in [0.3, 0.4) is 0 Å². The third-order valence-electron chi connectivity index (χ3n) is 3.60. The van der Waals surface area contributed by atoms with Crippen LogP contribution in [0.25, 0.3) is 0 Å². The zero-order chi connectivity index (χ0) is 16.1. The number of hydrogen-bond donors (Lipinski definition) is 2. The third-order valence-corrected chi connectivity index (χ3v) is 3.91. The number of hydrogen-bond acceptors (Lipinski definition) is 3. The van der Waals surface area contributed by atoms with Gasteiger partial charge in [-0.05, 0) is 24.1 Å². The van der Waals surface area contributed by atoms with Gasteiger partial charge in [0.1, 0.15) is 5.82 Å². The predicted octanol–water partition coefficient (Wildman–Crippen LogP) is 1.64. The second-order valence-electron chi connectivity index (χ2n) is 5.23. The molecule has 22 heavy (non-hydrogen) atoms. The Morgan fingerprint density at radius 3 is 2.91 bits per heavy atom. The molecular weight excluding hydrogens is 311 g/mol. The fraction of sp³-hybridized carbons (Fsp3) is 0.467. The molecule has 1 unspecified atom stereocenters. The van der Waals surface area contributed by atoms with E-state index >= 15 is 0 Å². The van der Waals surface area contributed by atoms with E-state index in [1.54, 1.807) is 4.90 Å². The summed E-state index contributed by atoms with van der Waals surface area (Å²) in [5.41, 5.74) is 0.344. The molecule has 0 bridgehead atoms. The Morgan fingerprint density at radius 2 is 2.27 bits per heavy atom. The number of carbonyl (C=O) groups excluding carboxylic acids is 2. The fourth-order valence-corrected chi connectivity index (χ4v) is 2.43. The van der Waals surface area contributed by atoms with Crippen molar-refractivity contribution in [3.8, 4) is 0 Å². The van der Waals surface area contributed by atoms with Gasteiger partial charge in [0, 0.05) is 32.5 Å². The summed E-state index contributed by atoms with van der Waals surface area (Å²) in [6, 6.07) is 4.00. The number of benzene rings is 1. The Kier molecular flexibility index (Phi) is 5.74. The summed E-state index contributed by atoms with van der Waals surface area (Å²) in [6.45, 7) is 1.06. The lowest BCUT2D eigenvalue weighted by atomic mass is 10.1. The number of rotatable bonds is 6. The van der Waals surface area contributed by atoms with Gasteiger partial charge >= 0.3 is 0 Å². The van der Waals surface area contributed by atoms with Gasteiger partial charge in [-0.25, -0.2) is 4.39 Å². The summed E-state index contributed by atoms with van der Waals surface area (Å²) < 4.78 is 13.3. The van der Waals surface area contributed by atoms with Crippen molar-refractivity contribution in [1.29, 1.82) is 0 Å². The normalized spacial score (nSPS) is 16.0. The van der Waals surface area contributed by atoms with E-state index in [1.807, 2.05) is 0 Å². The van der Waals surface area contributed by atoms with E-state index in [9.17, 15) is 19.1 Å². The molecule has 0 aliphatic carbocycles. The van der Waals surface area contributed by atoms with E-state index in [-0.39, 0.29) is 29.8 Å². The first-order valence-electron chi connectivity index (χ1n) is 7.15. The van der Waals surface area contributed by atoms with Gasteiger partial charge in [-0.2, -0.15) is 0 Å². The summed E-state index contributed by atoms with van der Waals surface area (Å²) in [5, 5.41) is 12.5. The highest BCUT2D eigenvalue weighted by atomic mass is 35.5. The van der Waals surface area contributed by atoms with Crippen molar-refractivity contribution in [1.82, 2.24) is 10.2 Å². The molecule has 1 fully saturated rings. The average molecular weight is 329 g/mol. The van der Waals surface area contributed by atoms with E-state index in [0.29, 0.717) is 25.1 Å². The summed E-state index contributed by atoms with van der Waals surface area (Å²) in [5.74, 6) is -0.797. The Balaban J connectivity index is 1.75. The number of aliphatic hydroxyl groups excluding tert-OH is 1. The van der Waals surface area contributed by atoms with Gasteiger partial charge < -0.3 is 15.3 Å². The van der Waals surface area contributed by atoms with Gasteiger partial charge in [0.25, 0.3) is 0 Å². The van der Waals surface area contributed by atoms with Crippen LogP contribution in [0.5, 0.6) is 0 Å². The Bertz CT molecular complexity index is 568. The predicted molar refractivity (Wildman–Crippen MR) is 79.8 cm³/mol. The number of nitrogens with zero attached hydrogens (tertiary/aromatic N) is 1. The van der Waals surface area contributed by atoms with Gasteiger partial charge in [0.05, 0.1) is 11.1 Å². The highest BCUT2D eigenvalue weighted by molar-refractivity contribution is 6.30. The molecule has 1 aromatic rings. The maximum atomic E-state index is 13.3. The van der Waals surface area contributed by atoms with Crippen molar-refractivity contribution in [3.63, 3.8) is 0 Å². The molecule has 1 aliphatic heterocycles. The number of halogens is 2. The zero-order valence-electron chi connectivity index (χ0n) is 12.0. The third kappa shape index (κ3) is 4.42. The highest BCUT2D eigenvalue weighted by Gasteiger charge is 2.20. The van der Waals surface area contributed by atoms with Crippen molar-refractivity contribution in [2.24, 2.45) is 0 Å². The van der Waals surface area contributed by atoms with Crippen LogP contribution in [0.15, 0.2) is 18.2 Å². The first kappa shape index (κ1) is 16.7. The topological polar surface area (TPSA) is 69.6 Å². The van der Waals surface area contributed by atoms with E-state index in [1.165, 1.54) is 12.1 Å². The van der Waals surface area contributed by atoms with E-state index in [0.717, 1.165) is 12.5 Å². The monoisotopic (exact) mass is 328 g/mol. The lowest BCUT2D eigenvalue weighted by Gasteiger charge is -2.16. The van der Waals surface area contributed by atoms with Gasteiger partial charge in [-0.1, -0.05) is 17.7 Å². The molecule has 2 rings (SSSR count). The summed E-state index contributed by atoms with van der Waals surface area (Å²) in [4.78, 5) is 24.8. The minimum atomic E-state index is -1.01. The summed E-state index contributed by atoms with van der Waals surface area (Å²) in [7, 11) is 0. The van der Waals surface area contributed by atoms with Crippen molar-refractivity contribution in [2.45, 2.75) is 25.4 Å². The molecule has 0 spiro atoms. The summed E-state index contributed by atoms with van der Waals surface area (Å²) in [6.07, 6.45) is 0.557. The first-order chi connectivity index (χ1) is 10.5. The molecule has 2 N–H and O–H groups in total. The largest absolute Gasteiger partial charge is 0.387 e.